The van der Waals surface area contributed by atoms with Crippen LogP contribution in [0.25, 0.3) is 0 Å². The Labute approximate surface area is 136 Å². The molecule has 0 radical (unpaired) electrons. The summed E-state index contributed by atoms with van der Waals surface area (Å²) in [5.74, 6) is 0.144. The number of nitrogens with zero attached hydrogens (tertiary/aromatic N) is 3. The Morgan fingerprint density at radius 1 is 1.48 bits per heavy atom. The molecular weight excluding hydrogens is 294 g/mol. The molecule has 126 valence electrons. The van der Waals surface area contributed by atoms with Gasteiger partial charge in [-0.2, -0.15) is 5.10 Å². The monoisotopic (exact) mass is 319 g/mol. The quantitative estimate of drug-likeness (QED) is 0.878. The van der Waals surface area contributed by atoms with E-state index < -0.39 is 0 Å². The first-order chi connectivity index (χ1) is 11.0. The second-order valence-electron chi connectivity index (χ2n) is 6.73. The fourth-order valence-corrected chi connectivity index (χ4v) is 3.64. The van der Waals surface area contributed by atoms with Gasteiger partial charge in [-0.3, -0.25) is 9.48 Å². The van der Waals surface area contributed by atoms with Gasteiger partial charge < -0.3 is 15.5 Å². The summed E-state index contributed by atoms with van der Waals surface area (Å²) in [4.78, 5) is 25.9. The van der Waals surface area contributed by atoms with E-state index in [9.17, 15) is 9.59 Å². The number of aromatic nitrogens is 2. The molecule has 7 nitrogen and oxygen atoms in total. The van der Waals surface area contributed by atoms with Crippen LogP contribution >= 0.6 is 0 Å². The lowest BCUT2D eigenvalue weighted by molar-refractivity contribution is -0.119. The van der Waals surface area contributed by atoms with Gasteiger partial charge in [-0.1, -0.05) is 6.92 Å². The normalized spacial score (nSPS) is 21.3. The summed E-state index contributed by atoms with van der Waals surface area (Å²) in [6.07, 6.45) is 4.96. The van der Waals surface area contributed by atoms with Gasteiger partial charge in [0.25, 0.3) is 0 Å². The van der Waals surface area contributed by atoms with Crippen LogP contribution in [0.15, 0.2) is 12.3 Å². The van der Waals surface area contributed by atoms with Gasteiger partial charge in [0.1, 0.15) is 0 Å². The molecule has 3 amide bonds. The number of carbonyl (C=O) groups is 2. The van der Waals surface area contributed by atoms with Crippen molar-refractivity contribution in [2.24, 2.45) is 12.5 Å². The van der Waals surface area contributed by atoms with Crippen molar-refractivity contribution in [1.82, 2.24) is 25.3 Å². The Hall–Kier alpha value is -2.05. The molecule has 1 spiro atoms. The lowest BCUT2D eigenvalue weighted by Gasteiger charge is -2.38. The SMILES string of the molecule is CC[C@@H](NC(=O)N1CCC2(CC1)CNC(=O)C2)c1ccnn1C. The molecule has 0 aromatic carbocycles. The van der Waals surface area contributed by atoms with E-state index in [0.29, 0.717) is 19.5 Å². The summed E-state index contributed by atoms with van der Waals surface area (Å²) in [5.41, 5.74) is 1.08. The Kier molecular flexibility index (Phi) is 4.28. The van der Waals surface area contributed by atoms with Crippen molar-refractivity contribution >= 4 is 11.9 Å². The zero-order chi connectivity index (χ0) is 16.4. The second kappa shape index (κ2) is 6.22. The highest BCUT2D eigenvalue weighted by Crippen LogP contribution is 2.37. The number of nitrogens with one attached hydrogen (secondary N) is 2. The van der Waals surface area contributed by atoms with E-state index in [1.807, 2.05) is 18.0 Å². The molecular formula is C16H25N5O2. The van der Waals surface area contributed by atoms with Gasteiger partial charge in [-0.15, -0.1) is 0 Å². The summed E-state index contributed by atoms with van der Waals surface area (Å²) in [6.45, 7) is 4.23. The highest BCUT2D eigenvalue weighted by Gasteiger charge is 2.41. The molecule has 2 aliphatic rings. The minimum atomic E-state index is -0.0272. The lowest BCUT2D eigenvalue weighted by Crippen LogP contribution is -2.48. The third-order valence-corrected chi connectivity index (χ3v) is 5.23. The van der Waals surface area contributed by atoms with Gasteiger partial charge >= 0.3 is 6.03 Å². The van der Waals surface area contributed by atoms with Gasteiger partial charge in [0.15, 0.2) is 0 Å². The van der Waals surface area contributed by atoms with Crippen LogP contribution in [-0.4, -0.2) is 46.3 Å². The molecule has 0 saturated carbocycles. The highest BCUT2D eigenvalue weighted by atomic mass is 16.2. The standard InChI is InChI=1S/C16H25N5O2/c1-3-12(13-4-7-18-20(13)2)19-15(23)21-8-5-16(6-9-21)10-14(22)17-11-16/h4,7,12H,3,5-6,8-11H2,1-2H3,(H,17,22)(H,19,23)/t12-/m1/s1. The van der Waals surface area contributed by atoms with E-state index in [0.717, 1.165) is 31.5 Å². The Balaban J connectivity index is 1.57. The average molecular weight is 319 g/mol. The number of urea groups is 1. The number of rotatable bonds is 3. The number of amides is 3. The number of carbonyl (C=O) groups excluding carboxylic acids is 2. The maximum atomic E-state index is 12.5. The number of hydrogen-bond donors (Lipinski definition) is 2. The van der Waals surface area contributed by atoms with Crippen LogP contribution in [0.5, 0.6) is 0 Å². The Morgan fingerprint density at radius 3 is 2.74 bits per heavy atom. The molecule has 1 atom stereocenters. The molecule has 2 fully saturated rings. The van der Waals surface area contributed by atoms with Crippen LogP contribution in [0.2, 0.25) is 0 Å². The summed E-state index contributed by atoms with van der Waals surface area (Å²) < 4.78 is 1.80. The van der Waals surface area contributed by atoms with Crippen molar-refractivity contribution in [3.8, 4) is 0 Å². The number of aryl methyl sites for hydroxylation is 1. The van der Waals surface area contributed by atoms with E-state index in [1.54, 1.807) is 10.9 Å². The van der Waals surface area contributed by atoms with Gasteiger partial charge in [-0.05, 0) is 30.7 Å². The zero-order valence-electron chi connectivity index (χ0n) is 13.8. The minimum absolute atomic E-state index is 0.0230. The molecule has 7 heteroatoms. The predicted octanol–water partition coefficient (Wildman–Crippen LogP) is 1.18. The van der Waals surface area contributed by atoms with Crippen LogP contribution in [-0.2, 0) is 11.8 Å². The van der Waals surface area contributed by atoms with E-state index in [4.69, 9.17) is 0 Å². The second-order valence-corrected chi connectivity index (χ2v) is 6.73. The van der Waals surface area contributed by atoms with Crippen molar-refractivity contribution in [2.75, 3.05) is 19.6 Å². The molecule has 2 saturated heterocycles. The first kappa shape index (κ1) is 15.8. The molecule has 0 unspecified atom stereocenters. The molecule has 1 aromatic rings. The Bertz CT molecular complexity index is 589. The third-order valence-electron chi connectivity index (χ3n) is 5.23. The molecule has 2 N–H and O–H groups in total. The Morgan fingerprint density at radius 2 is 2.22 bits per heavy atom. The van der Waals surface area contributed by atoms with Crippen LogP contribution in [0.4, 0.5) is 4.79 Å². The predicted molar refractivity (Wildman–Crippen MR) is 85.6 cm³/mol. The first-order valence-corrected chi connectivity index (χ1v) is 8.33. The van der Waals surface area contributed by atoms with Gasteiger partial charge in [0.2, 0.25) is 5.91 Å². The van der Waals surface area contributed by atoms with Crippen molar-refractivity contribution < 1.29 is 9.59 Å². The molecule has 3 rings (SSSR count). The topological polar surface area (TPSA) is 79.3 Å². The maximum Gasteiger partial charge on any atom is 0.317 e. The minimum Gasteiger partial charge on any atom is -0.356 e. The van der Waals surface area contributed by atoms with Gasteiger partial charge in [0, 0.05) is 39.3 Å². The summed E-state index contributed by atoms with van der Waals surface area (Å²) in [5, 5.41) is 10.2. The van der Waals surface area contributed by atoms with Crippen molar-refractivity contribution in [3.63, 3.8) is 0 Å². The molecule has 0 aliphatic carbocycles. The first-order valence-electron chi connectivity index (χ1n) is 8.33. The van der Waals surface area contributed by atoms with Crippen molar-refractivity contribution in [3.05, 3.63) is 18.0 Å². The van der Waals surface area contributed by atoms with Crippen LogP contribution in [0.1, 0.15) is 44.3 Å². The number of hydrogen-bond acceptors (Lipinski definition) is 3. The summed E-state index contributed by atoms with van der Waals surface area (Å²) >= 11 is 0. The van der Waals surface area contributed by atoms with Crippen molar-refractivity contribution in [1.29, 1.82) is 0 Å². The molecule has 0 bridgehead atoms. The fraction of sp³-hybridized carbons (Fsp3) is 0.688. The number of likely N-dealkylation sites (tertiary alicyclic amines) is 1. The summed E-state index contributed by atoms with van der Waals surface area (Å²) in [7, 11) is 1.89. The van der Waals surface area contributed by atoms with E-state index in [2.05, 4.69) is 22.7 Å². The lowest BCUT2D eigenvalue weighted by atomic mass is 9.78. The van der Waals surface area contributed by atoms with Crippen LogP contribution in [0, 0.1) is 5.41 Å². The zero-order valence-corrected chi connectivity index (χ0v) is 13.8. The van der Waals surface area contributed by atoms with Crippen molar-refractivity contribution in [2.45, 2.75) is 38.6 Å². The smallest absolute Gasteiger partial charge is 0.317 e. The van der Waals surface area contributed by atoms with Gasteiger partial charge in [-0.25, -0.2) is 4.79 Å². The van der Waals surface area contributed by atoms with E-state index >= 15 is 0 Å². The fourth-order valence-electron chi connectivity index (χ4n) is 3.64. The molecule has 3 heterocycles. The molecule has 1 aromatic heterocycles. The summed E-state index contributed by atoms with van der Waals surface area (Å²) in [6, 6.07) is 1.89. The van der Waals surface area contributed by atoms with E-state index in [-0.39, 0.29) is 23.4 Å². The molecule has 23 heavy (non-hydrogen) atoms. The highest BCUT2D eigenvalue weighted by molar-refractivity contribution is 5.79. The largest absolute Gasteiger partial charge is 0.356 e. The van der Waals surface area contributed by atoms with E-state index in [1.165, 1.54) is 0 Å². The molecule has 2 aliphatic heterocycles. The van der Waals surface area contributed by atoms with Crippen LogP contribution in [0.3, 0.4) is 0 Å². The maximum absolute atomic E-state index is 12.5. The van der Waals surface area contributed by atoms with Gasteiger partial charge in [0.05, 0.1) is 11.7 Å². The third kappa shape index (κ3) is 3.18. The average Bonchev–Trinajstić information content (AvgIpc) is 3.12. The van der Waals surface area contributed by atoms with Crippen LogP contribution < -0.4 is 10.6 Å². The number of piperidine rings is 1.